The number of halogens is 2. The molecule has 1 rings (SSSR count). The van der Waals surface area contributed by atoms with E-state index >= 15 is 0 Å². The summed E-state index contributed by atoms with van der Waals surface area (Å²) in [6, 6.07) is 2.26. The first-order chi connectivity index (χ1) is 6.60. The Morgan fingerprint density at radius 2 is 2.07 bits per heavy atom. The minimum Gasteiger partial charge on any atom is -0.495 e. The molecule has 0 aliphatic heterocycles. The number of hydrogen-bond donors (Lipinski definition) is 0. The van der Waals surface area contributed by atoms with Gasteiger partial charge in [-0.05, 0) is 22.0 Å². The molecule has 0 N–H and O–H groups in total. The molecule has 1 aromatic carbocycles. The maximum atomic E-state index is 13.0. The Kier molecular flexibility index (Phi) is 3.46. The fraction of sp³-hybridized carbons (Fsp3) is 0.222. The first kappa shape index (κ1) is 11.0. The third-order valence-electron chi connectivity index (χ3n) is 1.63. The van der Waals surface area contributed by atoms with Crippen molar-refractivity contribution in [3.63, 3.8) is 0 Å². The molecule has 0 saturated heterocycles. The second-order valence-corrected chi connectivity index (χ2v) is 3.25. The van der Waals surface area contributed by atoms with Crippen LogP contribution in [-0.2, 0) is 4.74 Å². The van der Waals surface area contributed by atoms with Crippen LogP contribution in [0.4, 0.5) is 4.39 Å². The van der Waals surface area contributed by atoms with Gasteiger partial charge in [-0.25, -0.2) is 9.18 Å². The number of carbonyl (C=O) groups is 1. The highest BCUT2D eigenvalue weighted by Gasteiger charge is 2.16. The Labute approximate surface area is 88.9 Å². The van der Waals surface area contributed by atoms with Gasteiger partial charge in [-0.3, -0.25) is 0 Å². The van der Waals surface area contributed by atoms with E-state index in [2.05, 4.69) is 20.7 Å². The van der Waals surface area contributed by atoms with E-state index in [0.717, 1.165) is 6.07 Å². The van der Waals surface area contributed by atoms with Gasteiger partial charge in [0.15, 0.2) is 0 Å². The number of methoxy groups -OCH3 is 2. The summed E-state index contributed by atoms with van der Waals surface area (Å²) >= 11 is 3.12. The Hall–Kier alpha value is -1.10. The maximum Gasteiger partial charge on any atom is 0.339 e. The van der Waals surface area contributed by atoms with Gasteiger partial charge in [0, 0.05) is 6.07 Å². The fourth-order valence-electron chi connectivity index (χ4n) is 0.971. The van der Waals surface area contributed by atoms with Crippen LogP contribution in [0.1, 0.15) is 10.4 Å². The van der Waals surface area contributed by atoms with Crippen LogP contribution in [-0.4, -0.2) is 20.2 Å². The normalized spacial score (nSPS) is 9.71. The highest BCUT2D eigenvalue weighted by atomic mass is 79.9. The summed E-state index contributed by atoms with van der Waals surface area (Å²) in [6.07, 6.45) is 0. The van der Waals surface area contributed by atoms with Crippen LogP contribution >= 0.6 is 15.9 Å². The third-order valence-corrected chi connectivity index (χ3v) is 2.45. The summed E-state index contributed by atoms with van der Waals surface area (Å²) in [5.74, 6) is -0.912. The van der Waals surface area contributed by atoms with Crippen molar-refractivity contribution in [2.45, 2.75) is 0 Å². The maximum absolute atomic E-state index is 13.0. The Bertz CT molecular complexity index is 365. The minimum atomic E-state index is -0.616. The predicted molar refractivity (Wildman–Crippen MR) is 52.0 cm³/mol. The topological polar surface area (TPSA) is 35.5 Å². The molecule has 0 bridgehead atoms. The monoisotopic (exact) mass is 262 g/mol. The summed E-state index contributed by atoms with van der Waals surface area (Å²) in [5, 5.41) is 0. The van der Waals surface area contributed by atoms with Crippen LogP contribution < -0.4 is 4.74 Å². The molecule has 0 spiro atoms. The van der Waals surface area contributed by atoms with Gasteiger partial charge in [0.25, 0.3) is 0 Å². The van der Waals surface area contributed by atoms with Crippen LogP contribution in [0, 0.1) is 5.82 Å². The SMILES string of the molecule is COC(=O)c1cc(F)cc(OC)c1Br. The van der Waals surface area contributed by atoms with E-state index in [1.165, 1.54) is 20.3 Å². The predicted octanol–water partition coefficient (Wildman–Crippen LogP) is 2.38. The zero-order chi connectivity index (χ0) is 10.7. The lowest BCUT2D eigenvalue weighted by atomic mass is 10.2. The van der Waals surface area contributed by atoms with Gasteiger partial charge in [0.05, 0.1) is 24.3 Å². The molecular weight excluding hydrogens is 255 g/mol. The van der Waals surface area contributed by atoms with E-state index < -0.39 is 11.8 Å². The lowest BCUT2D eigenvalue weighted by Gasteiger charge is -2.07. The van der Waals surface area contributed by atoms with Gasteiger partial charge >= 0.3 is 5.97 Å². The van der Waals surface area contributed by atoms with Crippen LogP contribution in [0.15, 0.2) is 16.6 Å². The molecule has 0 aliphatic carbocycles. The van der Waals surface area contributed by atoms with Gasteiger partial charge in [-0.15, -0.1) is 0 Å². The highest BCUT2D eigenvalue weighted by Crippen LogP contribution is 2.30. The van der Waals surface area contributed by atoms with Gasteiger partial charge in [0.1, 0.15) is 11.6 Å². The van der Waals surface area contributed by atoms with Crippen molar-refractivity contribution in [2.75, 3.05) is 14.2 Å². The molecule has 1 aromatic rings. The zero-order valence-electron chi connectivity index (χ0n) is 7.64. The first-order valence-electron chi connectivity index (χ1n) is 3.71. The number of ether oxygens (including phenoxy) is 2. The lowest BCUT2D eigenvalue weighted by molar-refractivity contribution is 0.0598. The average molecular weight is 263 g/mol. The molecule has 0 fully saturated rings. The molecule has 76 valence electrons. The quantitative estimate of drug-likeness (QED) is 0.768. The molecule has 0 saturated carbocycles. The molecule has 5 heteroatoms. The standard InChI is InChI=1S/C9H8BrFO3/c1-13-7-4-5(11)3-6(8(7)10)9(12)14-2/h3-4H,1-2H3. The largest absolute Gasteiger partial charge is 0.495 e. The summed E-state index contributed by atoms with van der Waals surface area (Å²) in [5.41, 5.74) is 0.101. The molecule has 0 atom stereocenters. The smallest absolute Gasteiger partial charge is 0.339 e. The van der Waals surface area contributed by atoms with E-state index in [0.29, 0.717) is 4.47 Å². The number of esters is 1. The van der Waals surface area contributed by atoms with E-state index in [9.17, 15) is 9.18 Å². The molecule has 0 aromatic heterocycles. The van der Waals surface area contributed by atoms with Crippen LogP contribution in [0.5, 0.6) is 5.75 Å². The average Bonchev–Trinajstić information content (AvgIpc) is 2.19. The second-order valence-electron chi connectivity index (χ2n) is 2.46. The highest BCUT2D eigenvalue weighted by molar-refractivity contribution is 9.10. The molecule has 14 heavy (non-hydrogen) atoms. The Balaban J connectivity index is 3.29. The second kappa shape index (κ2) is 4.41. The molecule has 3 nitrogen and oxygen atoms in total. The third kappa shape index (κ3) is 2.04. The van der Waals surface area contributed by atoms with Crippen LogP contribution in [0.2, 0.25) is 0 Å². The van der Waals surface area contributed by atoms with Crippen molar-refractivity contribution in [1.82, 2.24) is 0 Å². The number of benzene rings is 1. The van der Waals surface area contributed by atoms with Gasteiger partial charge in [0.2, 0.25) is 0 Å². The summed E-state index contributed by atoms with van der Waals surface area (Å²) in [7, 11) is 2.62. The summed E-state index contributed by atoms with van der Waals surface area (Å²) in [4.78, 5) is 11.2. The van der Waals surface area contributed by atoms with E-state index in [1.54, 1.807) is 0 Å². The van der Waals surface area contributed by atoms with Gasteiger partial charge in [-0.1, -0.05) is 0 Å². The van der Waals surface area contributed by atoms with E-state index in [1.807, 2.05) is 0 Å². The zero-order valence-corrected chi connectivity index (χ0v) is 9.22. The Morgan fingerprint density at radius 3 is 2.57 bits per heavy atom. The van der Waals surface area contributed by atoms with Crippen molar-refractivity contribution >= 4 is 21.9 Å². The summed E-state index contributed by atoms with van der Waals surface area (Å²) in [6.45, 7) is 0. The molecule has 0 heterocycles. The molecule has 0 aliphatic rings. The van der Waals surface area contributed by atoms with Crippen molar-refractivity contribution in [3.05, 3.63) is 28.0 Å². The fourth-order valence-corrected chi connectivity index (χ4v) is 1.52. The Morgan fingerprint density at radius 1 is 1.43 bits per heavy atom. The van der Waals surface area contributed by atoms with Crippen molar-refractivity contribution < 1.29 is 18.7 Å². The molecule has 0 amide bonds. The van der Waals surface area contributed by atoms with Crippen molar-refractivity contribution in [1.29, 1.82) is 0 Å². The lowest BCUT2D eigenvalue weighted by Crippen LogP contribution is -2.04. The summed E-state index contributed by atoms with van der Waals surface area (Å²) < 4.78 is 22.7. The number of carbonyl (C=O) groups excluding carboxylic acids is 1. The number of rotatable bonds is 2. The van der Waals surface area contributed by atoms with E-state index in [4.69, 9.17) is 4.74 Å². The van der Waals surface area contributed by atoms with Gasteiger partial charge < -0.3 is 9.47 Å². The number of hydrogen-bond acceptors (Lipinski definition) is 3. The van der Waals surface area contributed by atoms with Crippen molar-refractivity contribution in [2.24, 2.45) is 0 Å². The van der Waals surface area contributed by atoms with Crippen LogP contribution in [0.3, 0.4) is 0 Å². The molecule has 0 radical (unpaired) electrons. The minimum absolute atomic E-state index is 0.101. The van der Waals surface area contributed by atoms with Crippen molar-refractivity contribution in [3.8, 4) is 5.75 Å². The van der Waals surface area contributed by atoms with Gasteiger partial charge in [-0.2, -0.15) is 0 Å². The van der Waals surface area contributed by atoms with Crippen LogP contribution in [0.25, 0.3) is 0 Å². The molecular formula is C9H8BrFO3. The molecule has 0 unspecified atom stereocenters. The van der Waals surface area contributed by atoms with E-state index in [-0.39, 0.29) is 11.3 Å². The first-order valence-corrected chi connectivity index (χ1v) is 4.50.